The number of carbonyl (C=O) groups is 1. The van der Waals surface area contributed by atoms with Crippen LogP contribution in [0.5, 0.6) is 0 Å². The molecule has 0 unspecified atom stereocenters. The molecule has 0 atom stereocenters. The van der Waals surface area contributed by atoms with Crippen molar-refractivity contribution in [2.45, 2.75) is 12.8 Å². The van der Waals surface area contributed by atoms with Crippen molar-refractivity contribution >= 4 is 15.9 Å². The topological polar surface area (TPSA) is 108 Å². The largest absolute Gasteiger partial charge is 0.381 e. The molecule has 2 N–H and O–H groups in total. The second-order valence-electron chi connectivity index (χ2n) is 4.09. The zero-order valence-electron chi connectivity index (χ0n) is 10.2. The molecule has 1 saturated heterocycles. The summed E-state index contributed by atoms with van der Waals surface area (Å²) in [5.74, 6) is -0.618. The van der Waals surface area contributed by atoms with E-state index in [-0.39, 0.29) is 12.3 Å². The predicted octanol–water partition coefficient (Wildman–Crippen LogP) is -1.03. The summed E-state index contributed by atoms with van der Waals surface area (Å²) in [6.45, 7) is 0.734. The first kappa shape index (κ1) is 14.9. The quantitative estimate of drug-likeness (QED) is 0.667. The van der Waals surface area contributed by atoms with Gasteiger partial charge < -0.3 is 10.1 Å². The molecule has 7 nitrogen and oxygen atoms in total. The maximum absolute atomic E-state index is 11.9. The van der Waals surface area contributed by atoms with E-state index in [1.54, 1.807) is 0 Å². The maximum atomic E-state index is 11.9. The highest BCUT2D eigenvalue weighted by Crippen LogP contribution is 2.29. The third-order valence-electron chi connectivity index (χ3n) is 2.96. The van der Waals surface area contributed by atoms with Gasteiger partial charge in [-0.1, -0.05) is 0 Å². The van der Waals surface area contributed by atoms with Gasteiger partial charge in [-0.3, -0.25) is 4.79 Å². The first-order valence-corrected chi connectivity index (χ1v) is 7.29. The van der Waals surface area contributed by atoms with Crippen LogP contribution < -0.4 is 10.0 Å². The van der Waals surface area contributed by atoms with E-state index < -0.39 is 21.3 Å². The molecule has 1 rings (SSSR count). The lowest BCUT2D eigenvalue weighted by molar-refractivity contribution is -0.132. The SMILES string of the molecule is CNS(=O)(=O)CCNC(=O)C1(C#N)CCOCC1. The average molecular weight is 275 g/mol. The summed E-state index contributed by atoms with van der Waals surface area (Å²) in [5, 5.41) is 11.6. The van der Waals surface area contributed by atoms with Crippen LogP contribution in [0.2, 0.25) is 0 Å². The van der Waals surface area contributed by atoms with Crippen LogP contribution in [-0.4, -0.2) is 46.9 Å². The van der Waals surface area contributed by atoms with E-state index >= 15 is 0 Å². The monoisotopic (exact) mass is 275 g/mol. The number of sulfonamides is 1. The van der Waals surface area contributed by atoms with Gasteiger partial charge in [0.15, 0.2) is 0 Å². The van der Waals surface area contributed by atoms with Crippen molar-refractivity contribution in [3.63, 3.8) is 0 Å². The van der Waals surface area contributed by atoms with Gasteiger partial charge >= 0.3 is 0 Å². The van der Waals surface area contributed by atoms with Gasteiger partial charge in [0, 0.05) is 19.8 Å². The van der Waals surface area contributed by atoms with Crippen LogP contribution in [0, 0.1) is 16.7 Å². The number of hydrogen-bond acceptors (Lipinski definition) is 5. The molecule has 0 saturated carbocycles. The van der Waals surface area contributed by atoms with Gasteiger partial charge in [-0.15, -0.1) is 0 Å². The van der Waals surface area contributed by atoms with E-state index in [1.807, 2.05) is 6.07 Å². The van der Waals surface area contributed by atoms with Crippen LogP contribution in [0.3, 0.4) is 0 Å². The third-order valence-corrected chi connectivity index (χ3v) is 4.33. The lowest BCUT2D eigenvalue weighted by Crippen LogP contribution is -2.45. The van der Waals surface area contributed by atoms with Crippen molar-refractivity contribution in [1.29, 1.82) is 5.26 Å². The minimum atomic E-state index is -3.34. The van der Waals surface area contributed by atoms with Crippen LogP contribution in [-0.2, 0) is 19.6 Å². The molecule has 0 aromatic carbocycles. The Morgan fingerprint density at radius 2 is 2.06 bits per heavy atom. The van der Waals surface area contributed by atoms with E-state index in [2.05, 4.69) is 10.0 Å². The number of nitrogens with zero attached hydrogens (tertiary/aromatic N) is 1. The van der Waals surface area contributed by atoms with Crippen molar-refractivity contribution < 1.29 is 17.9 Å². The first-order valence-electron chi connectivity index (χ1n) is 5.64. The van der Waals surface area contributed by atoms with Crippen LogP contribution in [0.4, 0.5) is 0 Å². The molecule has 0 aromatic heterocycles. The molecule has 0 aliphatic carbocycles. The molecule has 0 aromatic rings. The molecule has 0 spiro atoms. The van der Waals surface area contributed by atoms with Crippen LogP contribution >= 0.6 is 0 Å². The minimum absolute atomic E-state index is 0.00765. The fourth-order valence-corrected chi connectivity index (χ4v) is 2.25. The van der Waals surface area contributed by atoms with Crippen molar-refractivity contribution in [2.75, 3.05) is 32.6 Å². The summed E-state index contributed by atoms with van der Waals surface area (Å²) in [7, 11) is -2.03. The Balaban J connectivity index is 2.52. The fourth-order valence-electron chi connectivity index (χ4n) is 1.68. The van der Waals surface area contributed by atoms with Gasteiger partial charge in [-0.05, 0) is 19.9 Å². The smallest absolute Gasteiger partial charge is 0.240 e. The van der Waals surface area contributed by atoms with Gasteiger partial charge in [0.05, 0.1) is 11.8 Å². The third kappa shape index (κ3) is 3.66. The van der Waals surface area contributed by atoms with E-state index in [0.717, 1.165) is 0 Å². The molecule has 0 radical (unpaired) electrons. The number of nitrogens with one attached hydrogen (secondary N) is 2. The summed E-state index contributed by atoms with van der Waals surface area (Å²) < 4.78 is 29.6. The molecule has 0 bridgehead atoms. The normalized spacial score (nSPS) is 18.9. The first-order chi connectivity index (χ1) is 8.46. The highest BCUT2D eigenvalue weighted by Gasteiger charge is 2.40. The Labute approximate surface area is 107 Å². The number of rotatable bonds is 5. The Bertz CT molecular complexity index is 435. The molecule has 1 fully saturated rings. The van der Waals surface area contributed by atoms with Gasteiger partial charge in [0.1, 0.15) is 5.41 Å². The molecular formula is C10H17N3O4S. The van der Waals surface area contributed by atoms with Crippen molar-refractivity contribution in [1.82, 2.24) is 10.0 Å². The summed E-state index contributed by atoms with van der Waals surface area (Å²) in [6.07, 6.45) is 0.683. The molecule has 1 aliphatic rings. The van der Waals surface area contributed by atoms with Gasteiger partial charge in [-0.2, -0.15) is 5.26 Å². The number of nitriles is 1. The lowest BCUT2D eigenvalue weighted by atomic mass is 9.81. The van der Waals surface area contributed by atoms with Crippen LogP contribution in [0.15, 0.2) is 0 Å². The number of carbonyl (C=O) groups excluding carboxylic acids is 1. The highest BCUT2D eigenvalue weighted by molar-refractivity contribution is 7.89. The molecule has 1 heterocycles. The van der Waals surface area contributed by atoms with Crippen molar-refractivity contribution in [2.24, 2.45) is 5.41 Å². The van der Waals surface area contributed by atoms with Gasteiger partial charge in [-0.25, -0.2) is 13.1 Å². The molecule has 18 heavy (non-hydrogen) atoms. The number of amides is 1. The van der Waals surface area contributed by atoms with Crippen LogP contribution in [0.25, 0.3) is 0 Å². The minimum Gasteiger partial charge on any atom is -0.381 e. The van der Waals surface area contributed by atoms with E-state index in [0.29, 0.717) is 26.1 Å². The Hall–Kier alpha value is -1.17. The van der Waals surface area contributed by atoms with Gasteiger partial charge in [0.2, 0.25) is 15.9 Å². The zero-order valence-corrected chi connectivity index (χ0v) is 11.0. The average Bonchev–Trinajstić information content (AvgIpc) is 2.39. The lowest BCUT2D eigenvalue weighted by Gasteiger charge is -2.29. The second-order valence-corrected chi connectivity index (χ2v) is 6.13. The van der Waals surface area contributed by atoms with E-state index in [4.69, 9.17) is 10.00 Å². The van der Waals surface area contributed by atoms with Crippen LogP contribution in [0.1, 0.15) is 12.8 Å². The summed E-state index contributed by atoms with van der Waals surface area (Å²) in [6, 6.07) is 2.02. The molecule has 1 aliphatic heterocycles. The summed E-state index contributed by atoms with van der Waals surface area (Å²) in [4.78, 5) is 11.9. The Morgan fingerprint density at radius 1 is 1.44 bits per heavy atom. The number of hydrogen-bond donors (Lipinski definition) is 2. The maximum Gasteiger partial charge on any atom is 0.240 e. The van der Waals surface area contributed by atoms with Crippen molar-refractivity contribution in [3.05, 3.63) is 0 Å². The van der Waals surface area contributed by atoms with E-state index in [1.165, 1.54) is 7.05 Å². The Kier molecular flexibility index (Phi) is 5.07. The van der Waals surface area contributed by atoms with Crippen molar-refractivity contribution in [3.8, 4) is 6.07 Å². The number of ether oxygens (including phenoxy) is 1. The standard InChI is InChI=1S/C10H17N3O4S/c1-12-18(15,16)7-4-13-9(14)10(8-11)2-5-17-6-3-10/h12H,2-7H2,1H3,(H,13,14). The second kappa shape index (κ2) is 6.13. The molecule has 102 valence electrons. The highest BCUT2D eigenvalue weighted by atomic mass is 32.2. The zero-order chi connectivity index (χ0) is 13.6. The predicted molar refractivity (Wildman–Crippen MR) is 64.0 cm³/mol. The molecule has 8 heteroatoms. The summed E-state index contributed by atoms with van der Waals surface area (Å²) >= 11 is 0. The molecular weight excluding hydrogens is 258 g/mol. The molecule has 1 amide bonds. The van der Waals surface area contributed by atoms with E-state index in [9.17, 15) is 13.2 Å². The fraction of sp³-hybridized carbons (Fsp3) is 0.800. The summed E-state index contributed by atoms with van der Waals surface area (Å²) in [5.41, 5.74) is -1.08. The Morgan fingerprint density at radius 3 is 2.56 bits per heavy atom. The van der Waals surface area contributed by atoms with Gasteiger partial charge in [0.25, 0.3) is 0 Å².